The van der Waals surface area contributed by atoms with E-state index in [0.717, 1.165) is 6.26 Å². The lowest BCUT2D eigenvalue weighted by Gasteiger charge is -2.32. The van der Waals surface area contributed by atoms with Crippen molar-refractivity contribution in [1.82, 2.24) is 15.3 Å². The van der Waals surface area contributed by atoms with Crippen molar-refractivity contribution >= 4 is 27.6 Å². The number of nitrogen functional groups attached to an aromatic ring is 1. The SMILES string of the molecule is COc1ccc(C(=O)c2cnc(N(C3CCNCC3)S(C)(=O)=O)nc2N)cc1. The molecule has 2 heterocycles. The molecule has 0 aliphatic carbocycles. The number of nitrogens with zero attached hydrogens (tertiary/aromatic N) is 3. The molecule has 150 valence electrons. The number of hydrogen-bond acceptors (Lipinski definition) is 8. The first-order valence-corrected chi connectivity index (χ1v) is 10.7. The molecule has 1 aromatic carbocycles. The number of hydrogen-bond donors (Lipinski definition) is 2. The molecular formula is C18H23N5O4S. The zero-order chi connectivity index (χ0) is 20.3. The molecule has 3 N–H and O–H groups in total. The summed E-state index contributed by atoms with van der Waals surface area (Å²) in [6, 6.07) is 6.32. The Morgan fingerprint density at radius 1 is 1.25 bits per heavy atom. The number of carbonyl (C=O) groups excluding carboxylic acids is 1. The first-order chi connectivity index (χ1) is 13.3. The van der Waals surface area contributed by atoms with Crippen LogP contribution in [-0.2, 0) is 10.0 Å². The Morgan fingerprint density at radius 2 is 1.89 bits per heavy atom. The summed E-state index contributed by atoms with van der Waals surface area (Å²) >= 11 is 0. The van der Waals surface area contributed by atoms with Crippen molar-refractivity contribution in [2.24, 2.45) is 0 Å². The summed E-state index contributed by atoms with van der Waals surface area (Å²) in [6.45, 7) is 1.42. The highest BCUT2D eigenvalue weighted by atomic mass is 32.2. The van der Waals surface area contributed by atoms with Crippen molar-refractivity contribution < 1.29 is 17.9 Å². The molecule has 0 spiro atoms. The van der Waals surface area contributed by atoms with Gasteiger partial charge in [0.15, 0.2) is 5.78 Å². The second-order valence-electron chi connectivity index (χ2n) is 6.57. The molecule has 1 aromatic heterocycles. The molecule has 2 aromatic rings. The van der Waals surface area contributed by atoms with E-state index in [0.29, 0.717) is 37.2 Å². The molecule has 0 atom stereocenters. The standard InChI is InChI=1S/C18H23N5O4S/c1-27-14-5-3-12(4-6-14)16(24)15-11-21-18(22-17(15)19)23(28(2,25)26)13-7-9-20-10-8-13/h3-6,11,13,20H,7-10H2,1-2H3,(H2,19,21,22). The fraction of sp³-hybridized carbons (Fsp3) is 0.389. The zero-order valence-corrected chi connectivity index (χ0v) is 16.6. The first-order valence-electron chi connectivity index (χ1n) is 8.82. The van der Waals surface area contributed by atoms with E-state index in [1.54, 1.807) is 24.3 Å². The van der Waals surface area contributed by atoms with Crippen LogP contribution in [0.4, 0.5) is 11.8 Å². The molecule has 1 saturated heterocycles. The molecule has 9 nitrogen and oxygen atoms in total. The second kappa shape index (κ2) is 8.11. The van der Waals surface area contributed by atoms with Gasteiger partial charge in [-0.05, 0) is 50.2 Å². The summed E-state index contributed by atoms with van der Waals surface area (Å²) in [7, 11) is -2.06. The lowest BCUT2D eigenvalue weighted by molar-refractivity contribution is 0.103. The maximum absolute atomic E-state index is 12.7. The number of carbonyl (C=O) groups is 1. The number of aromatic nitrogens is 2. The third-order valence-electron chi connectivity index (χ3n) is 4.60. The van der Waals surface area contributed by atoms with Crippen LogP contribution in [0.2, 0.25) is 0 Å². The van der Waals surface area contributed by atoms with E-state index in [2.05, 4.69) is 15.3 Å². The van der Waals surface area contributed by atoms with Crippen molar-refractivity contribution in [2.75, 3.05) is 36.5 Å². The molecule has 3 rings (SSSR count). The van der Waals surface area contributed by atoms with Crippen LogP contribution in [0.1, 0.15) is 28.8 Å². The van der Waals surface area contributed by atoms with Gasteiger partial charge in [-0.3, -0.25) is 4.79 Å². The third kappa shape index (κ3) is 4.23. The summed E-state index contributed by atoms with van der Waals surface area (Å²) in [5, 5.41) is 3.19. The molecule has 0 unspecified atom stereocenters. The summed E-state index contributed by atoms with van der Waals surface area (Å²) < 4.78 is 31.0. The lowest BCUT2D eigenvalue weighted by atomic mass is 10.1. The van der Waals surface area contributed by atoms with E-state index < -0.39 is 10.0 Å². The van der Waals surface area contributed by atoms with Gasteiger partial charge in [-0.1, -0.05) is 0 Å². The number of sulfonamides is 1. The Hall–Kier alpha value is -2.72. The smallest absolute Gasteiger partial charge is 0.241 e. The second-order valence-corrected chi connectivity index (χ2v) is 8.43. The lowest BCUT2D eigenvalue weighted by Crippen LogP contribution is -2.46. The number of nitrogens with two attached hydrogens (primary N) is 1. The molecule has 10 heteroatoms. The van der Waals surface area contributed by atoms with Crippen LogP contribution >= 0.6 is 0 Å². The average Bonchev–Trinajstić information content (AvgIpc) is 2.67. The van der Waals surface area contributed by atoms with Crippen LogP contribution in [0.5, 0.6) is 5.75 Å². The number of methoxy groups -OCH3 is 1. The van der Waals surface area contributed by atoms with E-state index in [-0.39, 0.29) is 29.2 Å². The largest absolute Gasteiger partial charge is 0.497 e. The molecule has 0 amide bonds. The van der Waals surface area contributed by atoms with Crippen molar-refractivity contribution in [1.29, 1.82) is 0 Å². The summed E-state index contributed by atoms with van der Waals surface area (Å²) in [6.07, 6.45) is 3.68. The predicted molar refractivity (Wildman–Crippen MR) is 106 cm³/mol. The van der Waals surface area contributed by atoms with E-state index in [1.807, 2.05) is 0 Å². The Balaban J connectivity index is 1.92. The fourth-order valence-corrected chi connectivity index (χ4v) is 4.32. The molecule has 1 fully saturated rings. The summed E-state index contributed by atoms with van der Waals surface area (Å²) in [5.74, 6) is 0.202. The van der Waals surface area contributed by atoms with Gasteiger partial charge < -0.3 is 15.8 Å². The van der Waals surface area contributed by atoms with Crippen LogP contribution in [0.15, 0.2) is 30.5 Å². The number of piperidine rings is 1. The van der Waals surface area contributed by atoms with Gasteiger partial charge in [0.2, 0.25) is 16.0 Å². The van der Waals surface area contributed by atoms with Crippen LogP contribution in [0.3, 0.4) is 0 Å². The molecule has 1 aliphatic rings. The van der Waals surface area contributed by atoms with Crippen molar-refractivity contribution in [2.45, 2.75) is 18.9 Å². The van der Waals surface area contributed by atoms with Gasteiger partial charge in [-0.15, -0.1) is 0 Å². The van der Waals surface area contributed by atoms with Crippen molar-refractivity contribution in [3.63, 3.8) is 0 Å². The Bertz CT molecular complexity index is 956. The number of ether oxygens (including phenoxy) is 1. The quantitative estimate of drug-likeness (QED) is 0.676. The average molecular weight is 405 g/mol. The maximum atomic E-state index is 12.7. The van der Waals surface area contributed by atoms with E-state index >= 15 is 0 Å². The van der Waals surface area contributed by atoms with Gasteiger partial charge >= 0.3 is 0 Å². The monoisotopic (exact) mass is 405 g/mol. The Labute approximate surface area is 164 Å². The highest BCUT2D eigenvalue weighted by Gasteiger charge is 2.31. The van der Waals surface area contributed by atoms with Gasteiger partial charge in [0, 0.05) is 11.8 Å². The van der Waals surface area contributed by atoms with Gasteiger partial charge in [-0.2, -0.15) is 4.98 Å². The van der Waals surface area contributed by atoms with E-state index in [4.69, 9.17) is 10.5 Å². The van der Waals surface area contributed by atoms with E-state index in [9.17, 15) is 13.2 Å². The summed E-state index contributed by atoms with van der Waals surface area (Å²) in [4.78, 5) is 21.0. The van der Waals surface area contributed by atoms with Gasteiger partial charge in [-0.25, -0.2) is 17.7 Å². The molecule has 0 saturated carbocycles. The van der Waals surface area contributed by atoms with Gasteiger partial charge in [0.05, 0.1) is 25.0 Å². The molecule has 0 radical (unpaired) electrons. The van der Waals surface area contributed by atoms with Crippen LogP contribution in [0, 0.1) is 0 Å². The Kier molecular flexibility index (Phi) is 5.80. The number of nitrogens with one attached hydrogen (secondary N) is 1. The number of rotatable bonds is 6. The highest BCUT2D eigenvalue weighted by molar-refractivity contribution is 7.92. The number of anilines is 2. The minimum Gasteiger partial charge on any atom is -0.497 e. The minimum atomic E-state index is -3.60. The Morgan fingerprint density at radius 3 is 2.43 bits per heavy atom. The van der Waals surface area contributed by atoms with Crippen LogP contribution < -0.4 is 20.1 Å². The van der Waals surface area contributed by atoms with Crippen molar-refractivity contribution in [3.8, 4) is 5.75 Å². The van der Waals surface area contributed by atoms with Gasteiger partial charge in [0.1, 0.15) is 11.6 Å². The normalized spacial score (nSPS) is 15.2. The zero-order valence-electron chi connectivity index (χ0n) is 15.8. The minimum absolute atomic E-state index is 0.0156. The number of benzene rings is 1. The number of ketones is 1. The van der Waals surface area contributed by atoms with Crippen molar-refractivity contribution in [3.05, 3.63) is 41.6 Å². The first kappa shape index (κ1) is 20.0. The third-order valence-corrected chi connectivity index (χ3v) is 5.77. The summed E-state index contributed by atoms with van der Waals surface area (Å²) in [5.41, 5.74) is 6.52. The predicted octanol–water partition coefficient (Wildman–Crippen LogP) is 0.816. The highest BCUT2D eigenvalue weighted by Crippen LogP contribution is 2.24. The fourth-order valence-electron chi connectivity index (χ4n) is 3.19. The van der Waals surface area contributed by atoms with Crippen LogP contribution in [-0.4, -0.2) is 56.7 Å². The maximum Gasteiger partial charge on any atom is 0.241 e. The molecule has 28 heavy (non-hydrogen) atoms. The van der Waals surface area contributed by atoms with E-state index in [1.165, 1.54) is 17.6 Å². The molecular weight excluding hydrogens is 382 g/mol. The molecule has 0 bridgehead atoms. The van der Waals surface area contributed by atoms with Crippen LogP contribution in [0.25, 0.3) is 0 Å². The van der Waals surface area contributed by atoms with Gasteiger partial charge in [0.25, 0.3) is 0 Å². The topological polar surface area (TPSA) is 128 Å². The molecule has 1 aliphatic heterocycles.